The Labute approximate surface area is 193 Å². The first-order valence-corrected chi connectivity index (χ1v) is 12.7. The fraction of sp³-hybridized carbons (Fsp3) is 0.435. The number of carbonyl (C=O) groups excluding carboxylic acids is 2. The number of nitrogens with zero attached hydrogens (tertiary/aromatic N) is 4. The van der Waals surface area contributed by atoms with Crippen LogP contribution in [0.25, 0.3) is 10.1 Å². The molecule has 0 radical (unpaired) electrons. The quantitative estimate of drug-likeness (QED) is 0.584. The van der Waals surface area contributed by atoms with Crippen LogP contribution >= 0.6 is 22.7 Å². The van der Waals surface area contributed by atoms with E-state index in [-0.39, 0.29) is 17.6 Å². The second kappa shape index (κ2) is 7.90. The number of fused-ring (bicyclic) bond motifs is 1. The molecule has 4 heterocycles. The minimum Gasteiger partial charge on any atom is -0.335 e. The number of aromatic nitrogens is 1. The molecular weight excluding hydrogens is 447 g/mol. The van der Waals surface area contributed by atoms with Gasteiger partial charge in [0.1, 0.15) is 5.82 Å². The average molecular weight is 471 g/mol. The largest absolute Gasteiger partial charge is 0.335 e. The number of thiophene rings is 1. The van der Waals surface area contributed by atoms with Crippen molar-refractivity contribution < 1.29 is 14.0 Å². The number of hydrogen-bond acceptors (Lipinski definition) is 6. The predicted octanol–water partition coefficient (Wildman–Crippen LogP) is 3.66. The van der Waals surface area contributed by atoms with Gasteiger partial charge in [0.05, 0.1) is 4.88 Å². The third-order valence-electron chi connectivity index (χ3n) is 6.75. The lowest BCUT2D eigenvalue weighted by atomic mass is 10.0. The Bertz CT molecular complexity index is 1180. The predicted molar refractivity (Wildman–Crippen MR) is 123 cm³/mol. The number of thiazole rings is 1. The minimum absolute atomic E-state index is 0.0128. The summed E-state index contributed by atoms with van der Waals surface area (Å²) in [6, 6.07) is 5.21. The van der Waals surface area contributed by atoms with E-state index in [1.54, 1.807) is 12.3 Å². The molecule has 0 bridgehead atoms. The highest BCUT2D eigenvalue weighted by atomic mass is 32.1. The van der Waals surface area contributed by atoms with Crippen molar-refractivity contribution in [2.24, 2.45) is 0 Å². The van der Waals surface area contributed by atoms with E-state index in [0.29, 0.717) is 43.1 Å². The molecule has 3 aliphatic rings. The molecule has 32 heavy (non-hydrogen) atoms. The van der Waals surface area contributed by atoms with Crippen LogP contribution in [0, 0.1) is 5.82 Å². The smallest absolute Gasteiger partial charge is 0.282 e. The molecule has 9 heteroatoms. The summed E-state index contributed by atoms with van der Waals surface area (Å²) < 4.78 is 14.6. The van der Waals surface area contributed by atoms with E-state index in [0.717, 1.165) is 46.5 Å². The molecule has 1 aliphatic carbocycles. The highest BCUT2D eigenvalue weighted by Gasteiger charge is 2.40. The van der Waals surface area contributed by atoms with Gasteiger partial charge in [0.15, 0.2) is 5.01 Å². The molecule has 0 N–H and O–H groups in total. The van der Waals surface area contributed by atoms with Crippen LogP contribution in [0.15, 0.2) is 29.8 Å². The zero-order chi connectivity index (χ0) is 21.8. The van der Waals surface area contributed by atoms with E-state index in [1.807, 2.05) is 21.2 Å². The summed E-state index contributed by atoms with van der Waals surface area (Å²) in [6.07, 6.45) is 3.88. The van der Waals surface area contributed by atoms with Gasteiger partial charge in [-0.15, -0.1) is 22.7 Å². The summed E-state index contributed by atoms with van der Waals surface area (Å²) in [6.45, 7) is 4.45. The number of carbonyl (C=O) groups is 2. The molecule has 3 fully saturated rings. The SMILES string of the molecule is O=C(c1nccs1)N1CCN(C2CN(C(=O)c3sc4cc(F)ccc4c3C3CC3)C2)CC1. The van der Waals surface area contributed by atoms with Crippen molar-refractivity contribution >= 4 is 44.6 Å². The summed E-state index contributed by atoms with van der Waals surface area (Å²) in [5.41, 5.74) is 1.13. The van der Waals surface area contributed by atoms with Gasteiger partial charge in [-0.1, -0.05) is 6.07 Å². The standard InChI is InChI=1S/C23H23FN4O2S2/c24-15-3-4-17-18(11-15)32-20(19(17)14-1-2-14)22(29)28-12-16(13-28)26-6-8-27(9-7-26)23(30)21-25-5-10-31-21/h3-5,10-11,14,16H,1-2,6-9,12-13H2. The lowest BCUT2D eigenvalue weighted by Gasteiger charge is -2.48. The Hall–Kier alpha value is -2.36. The highest BCUT2D eigenvalue weighted by Crippen LogP contribution is 2.48. The first kappa shape index (κ1) is 20.3. The number of rotatable bonds is 4. The van der Waals surface area contributed by atoms with Crippen LogP contribution < -0.4 is 0 Å². The molecule has 0 atom stereocenters. The van der Waals surface area contributed by atoms with Gasteiger partial charge in [-0.25, -0.2) is 9.37 Å². The molecule has 0 spiro atoms. The molecule has 2 amide bonds. The van der Waals surface area contributed by atoms with Crippen LogP contribution in [0.4, 0.5) is 4.39 Å². The van der Waals surface area contributed by atoms with Gasteiger partial charge >= 0.3 is 0 Å². The lowest BCUT2D eigenvalue weighted by Crippen LogP contribution is -2.64. The molecule has 1 saturated carbocycles. The number of likely N-dealkylation sites (tertiary alicyclic amines) is 1. The topological polar surface area (TPSA) is 56.8 Å². The first-order chi connectivity index (χ1) is 15.6. The summed E-state index contributed by atoms with van der Waals surface area (Å²) >= 11 is 2.82. The third kappa shape index (κ3) is 3.52. The Morgan fingerprint density at radius 1 is 1.03 bits per heavy atom. The van der Waals surface area contributed by atoms with Gasteiger partial charge < -0.3 is 9.80 Å². The molecule has 0 unspecified atom stereocenters. The Morgan fingerprint density at radius 2 is 1.81 bits per heavy atom. The molecule has 6 rings (SSSR count). The number of amides is 2. The van der Waals surface area contributed by atoms with Gasteiger partial charge in [-0.05, 0) is 41.8 Å². The van der Waals surface area contributed by atoms with Gasteiger partial charge in [-0.3, -0.25) is 14.5 Å². The summed E-state index contributed by atoms with van der Waals surface area (Å²) in [7, 11) is 0. The second-order valence-corrected chi connectivity index (χ2v) is 10.7. The van der Waals surface area contributed by atoms with E-state index in [4.69, 9.17) is 0 Å². The lowest BCUT2D eigenvalue weighted by molar-refractivity contribution is 0.00874. The van der Waals surface area contributed by atoms with Crippen molar-refractivity contribution in [2.45, 2.75) is 24.8 Å². The van der Waals surface area contributed by atoms with Crippen molar-refractivity contribution in [1.29, 1.82) is 0 Å². The summed E-state index contributed by atoms with van der Waals surface area (Å²) in [5.74, 6) is 0.284. The monoisotopic (exact) mass is 470 g/mol. The van der Waals surface area contributed by atoms with Gasteiger partial charge in [0, 0.05) is 61.6 Å². The second-order valence-electron chi connectivity index (χ2n) is 8.79. The van der Waals surface area contributed by atoms with Crippen molar-refractivity contribution in [2.75, 3.05) is 39.3 Å². The Kier molecular flexibility index (Phi) is 5.00. The summed E-state index contributed by atoms with van der Waals surface area (Å²) in [4.78, 5) is 36.9. The highest BCUT2D eigenvalue weighted by molar-refractivity contribution is 7.21. The maximum Gasteiger partial charge on any atom is 0.282 e. The van der Waals surface area contributed by atoms with Crippen LogP contribution in [0.5, 0.6) is 0 Å². The van der Waals surface area contributed by atoms with Crippen molar-refractivity contribution in [1.82, 2.24) is 19.7 Å². The van der Waals surface area contributed by atoms with Crippen LogP contribution in [-0.2, 0) is 0 Å². The Morgan fingerprint density at radius 3 is 2.50 bits per heavy atom. The number of halogens is 1. The average Bonchev–Trinajstić information content (AvgIpc) is 3.31. The molecule has 3 aromatic rings. The van der Waals surface area contributed by atoms with Crippen LogP contribution in [-0.4, -0.2) is 76.8 Å². The van der Waals surface area contributed by atoms with Crippen LogP contribution in [0.2, 0.25) is 0 Å². The van der Waals surface area contributed by atoms with E-state index in [9.17, 15) is 14.0 Å². The minimum atomic E-state index is -0.253. The molecule has 2 aromatic heterocycles. The maximum atomic E-state index is 13.7. The zero-order valence-electron chi connectivity index (χ0n) is 17.5. The van der Waals surface area contributed by atoms with Gasteiger partial charge in [0.25, 0.3) is 11.8 Å². The van der Waals surface area contributed by atoms with Crippen molar-refractivity contribution in [3.8, 4) is 0 Å². The van der Waals surface area contributed by atoms with Crippen molar-refractivity contribution in [3.63, 3.8) is 0 Å². The number of piperazine rings is 1. The third-order valence-corrected chi connectivity index (χ3v) is 8.67. The van der Waals surface area contributed by atoms with E-state index in [1.165, 1.54) is 28.7 Å². The molecule has 2 aliphatic heterocycles. The fourth-order valence-electron chi connectivity index (χ4n) is 4.78. The summed E-state index contributed by atoms with van der Waals surface area (Å²) in [5, 5.41) is 3.42. The van der Waals surface area contributed by atoms with E-state index >= 15 is 0 Å². The number of hydrogen-bond donors (Lipinski definition) is 0. The fourth-order valence-corrected chi connectivity index (χ4v) is 6.66. The maximum absolute atomic E-state index is 13.7. The molecule has 1 aromatic carbocycles. The van der Waals surface area contributed by atoms with Gasteiger partial charge in [-0.2, -0.15) is 0 Å². The van der Waals surface area contributed by atoms with E-state index in [2.05, 4.69) is 9.88 Å². The Balaban J connectivity index is 1.09. The molecule has 6 nitrogen and oxygen atoms in total. The first-order valence-electron chi connectivity index (χ1n) is 11.0. The van der Waals surface area contributed by atoms with Crippen LogP contribution in [0.1, 0.15) is 43.8 Å². The van der Waals surface area contributed by atoms with Gasteiger partial charge in [0.2, 0.25) is 0 Å². The number of benzene rings is 1. The zero-order valence-corrected chi connectivity index (χ0v) is 19.1. The van der Waals surface area contributed by atoms with Crippen molar-refractivity contribution in [3.05, 3.63) is 51.0 Å². The molecular formula is C23H23FN4O2S2. The van der Waals surface area contributed by atoms with Crippen LogP contribution in [0.3, 0.4) is 0 Å². The normalized spacial score (nSPS) is 20.0. The molecule has 166 valence electrons. The van der Waals surface area contributed by atoms with E-state index < -0.39 is 0 Å². The molecule has 2 saturated heterocycles.